The third-order valence-corrected chi connectivity index (χ3v) is 3.43. The fourth-order valence-corrected chi connectivity index (χ4v) is 2.48. The molecule has 0 aromatic carbocycles. The van der Waals surface area contributed by atoms with Crippen LogP contribution >= 0.6 is 0 Å². The van der Waals surface area contributed by atoms with Gasteiger partial charge < -0.3 is 4.90 Å². The molecule has 3 heterocycles. The highest BCUT2D eigenvalue weighted by Gasteiger charge is 2.27. The van der Waals surface area contributed by atoms with Gasteiger partial charge in [-0.2, -0.15) is 5.21 Å². The normalized spacial score (nSPS) is 18.5. The maximum atomic E-state index is 4.42. The summed E-state index contributed by atoms with van der Waals surface area (Å²) in [6.07, 6.45) is 5.93. The second kappa shape index (κ2) is 4.56. The van der Waals surface area contributed by atoms with E-state index in [1.165, 1.54) is 12.8 Å². The van der Waals surface area contributed by atoms with Crippen molar-refractivity contribution in [2.45, 2.75) is 26.7 Å². The number of hydrogen-bond donors (Lipinski definition) is 1. The molecule has 100 valence electrons. The van der Waals surface area contributed by atoms with E-state index >= 15 is 0 Å². The fraction of sp³-hybridized carbons (Fsp3) is 0.583. The van der Waals surface area contributed by atoms with Gasteiger partial charge in [-0.15, -0.1) is 10.2 Å². The number of piperidine rings is 1. The molecule has 0 spiro atoms. The Kier molecular flexibility index (Phi) is 2.88. The average molecular weight is 259 g/mol. The van der Waals surface area contributed by atoms with E-state index in [0.29, 0.717) is 11.2 Å². The lowest BCUT2D eigenvalue weighted by molar-refractivity contribution is 0.291. The van der Waals surface area contributed by atoms with Gasteiger partial charge in [-0.3, -0.25) is 0 Å². The van der Waals surface area contributed by atoms with Crippen LogP contribution in [0.25, 0.3) is 11.4 Å². The van der Waals surface area contributed by atoms with Crippen LogP contribution in [0.4, 0.5) is 5.95 Å². The summed E-state index contributed by atoms with van der Waals surface area (Å²) in [5.74, 6) is 1.30. The van der Waals surface area contributed by atoms with Crippen molar-refractivity contribution in [2.75, 3.05) is 18.0 Å². The number of nitrogens with one attached hydrogen (secondary N) is 1. The smallest absolute Gasteiger partial charge is 0.225 e. The summed E-state index contributed by atoms with van der Waals surface area (Å²) >= 11 is 0. The minimum atomic E-state index is 0.327. The van der Waals surface area contributed by atoms with Crippen LogP contribution < -0.4 is 4.90 Å². The number of aromatic nitrogens is 6. The molecule has 1 saturated heterocycles. The fourth-order valence-electron chi connectivity index (χ4n) is 2.48. The number of hydrogen-bond acceptors (Lipinski definition) is 6. The molecule has 0 unspecified atom stereocenters. The number of aromatic amines is 1. The van der Waals surface area contributed by atoms with Crippen LogP contribution in [0, 0.1) is 5.41 Å². The van der Waals surface area contributed by atoms with Crippen LogP contribution in [-0.2, 0) is 0 Å². The maximum Gasteiger partial charge on any atom is 0.225 e. The van der Waals surface area contributed by atoms with Gasteiger partial charge in [-0.25, -0.2) is 9.97 Å². The third kappa shape index (κ3) is 2.54. The average Bonchev–Trinajstić information content (AvgIpc) is 2.92. The lowest BCUT2D eigenvalue weighted by Crippen LogP contribution is -2.40. The minimum Gasteiger partial charge on any atom is -0.340 e. The van der Waals surface area contributed by atoms with E-state index in [1.807, 2.05) is 0 Å². The van der Waals surface area contributed by atoms with E-state index in [4.69, 9.17) is 0 Å². The largest absolute Gasteiger partial charge is 0.340 e. The first kappa shape index (κ1) is 12.0. The zero-order chi connectivity index (χ0) is 13.3. The molecule has 1 aliphatic heterocycles. The molecule has 0 radical (unpaired) electrons. The Labute approximate surface area is 111 Å². The predicted molar refractivity (Wildman–Crippen MR) is 70.4 cm³/mol. The maximum absolute atomic E-state index is 4.42. The lowest BCUT2D eigenvalue weighted by Gasteiger charge is -2.37. The number of tetrazole rings is 1. The van der Waals surface area contributed by atoms with Crippen LogP contribution in [0.2, 0.25) is 0 Å². The Bertz CT molecular complexity index is 532. The second-order valence-corrected chi connectivity index (χ2v) is 5.70. The highest BCUT2D eigenvalue weighted by atomic mass is 15.5. The van der Waals surface area contributed by atoms with E-state index in [1.54, 1.807) is 12.4 Å². The molecular formula is C12H17N7. The molecule has 1 aliphatic rings. The Hall–Kier alpha value is -2.05. The van der Waals surface area contributed by atoms with Gasteiger partial charge in [0, 0.05) is 25.5 Å². The Morgan fingerprint density at radius 1 is 1.26 bits per heavy atom. The molecule has 7 heteroatoms. The van der Waals surface area contributed by atoms with Crippen molar-refractivity contribution in [3.63, 3.8) is 0 Å². The van der Waals surface area contributed by atoms with Crippen molar-refractivity contribution < 1.29 is 0 Å². The van der Waals surface area contributed by atoms with Gasteiger partial charge in [0.2, 0.25) is 11.8 Å². The van der Waals surface area contributed by atoms with Crippen molar-refractivity contribution in [3.8, 4) is 11.4 Å². The zero-order valence-electron chi connectivity index (χ0n) is 11.2. The van der Waals surface area contributed by atoms with Gasteiger partial charge >= 0.3 is 0 Å². The first-order chi connectivity index (χ1) is 9.14. The number of anilines is 1. The molecule has 1 fully saturated rings. The molecule has 0 amide bonds. The van der Waals surface area contributed by atoms with Crippen molar-refractivity contribution in [1.29, 1.82) is 0 Å². The van der Waals surface area contributed by atoms with Gasteiger partial charge in [0.05, 0.1) is 5.56 Å². The van der Waals surface area contributed by atoms with Gasteiger partial charge in [0.1, 0.15) is 0 Å². The van der Waals surface area contributed by atoms with E-state index in [-0.39, 0.29) is 0 Å². The first-order valence-corrected chi connectivity index (χ1v) is 6.45. The minimum absolute atomic E-state index is 0.327. The molecule has 2 aromatic rings. The number of rotatable bonds is 2. The summed E-state index contributed by atoms with van der Waals surface area (Å²) in [5, 5.41) is 13.8. The molecule has 19 heavy (non-hydrogen) atoms. The summed E-state index contributed by atoms with van der Waals surface area (Å²) in [7, 11) is 0. The summed E-state index contributed by atoms with van der Waals surface area (Å²) in [6, 6.07) is 0. The van der Waals surface area contributed by atoms with Crippen LogP contribution in [0.1, 0.15) is 26.7 Å². The van der Waals surface area contributed by atoms with Gasteiger partial charge in [0.25, 0.3) is 0 Å². The summed E-state index contributed by atoms with van der Waals surface area (Å²) in [6.45, 7) is 6.58. The highest BCUT2D eigenvalue weighted by molar-refractivity contribution is 5.51. The van der Waals surface area contributed by atoms with Crippen molar-refractivity contribution in [3.05, 3.63) is 12.4 Å². The Morgan fingerprint density at radius 2 is 2.05 bits per heavy atom. The van der Waals surface area contributed by atoms with Gasteiger partial charge in [0.15, 0.2) is 0 Å². The third-order valence-electron chi connectivity index (χ3n) is 3.43. The molecule has 3 rings (SSSR count). The van der Waals surface area contributed by atoms with Gasteiger partial charge in [-0.05, 0) is 23.5 Å². The van der Waals surface area contributed by atoms with Gasteiger partial charge in [-0.1, -0.05) is 13.8 Å². The van der Waals surface area contributed by atoms with Crippen molar-refractivity contribution >= 4 is 5.95 Å². The van der Waals surface area contributed by atoms with E-state index in [2.05, 4.69) is 49.3 Å². The van der Waals surface area contributed by atoms with Crippen molar-refractivity contribution in [1.82, 2.24) is 30.6 Å². The molecule has 0 aliphatic carbocycles. The van der Waals surface area contributed by atoms with Crippen LogP contribution in [0.5, 0.6) is 0 Å². The molecule has 7 nitrogen and oxygen atoms in total. The summed E-state index contributed by atoms with van der Waals surface area (Å²) in [4.78, 5) is 11.1. The van der Waals surface area contributed by atoms with Crippen LogP contribution in [0.3, 0.4) is 0 Å². The van der Waals surface area contributed by atoms with E-state index in [9.17, 15) is 0 Å². The molecule has 1 N–H and O–H groups in total. The van der Waals surface area contributed by atoms with E-state index in [0.717, 1.165) is 24.6 Å². The predicted octanol–water partition coefficient (Wildman–Crippen LogP) is 1.28. The first-order valence-electron chi connectivity index (χ1n) is 6.45. The Morgan fingerprint density at radius 3 is 2.68 bits per heavy atom. The standard InChI is InChI=1S/C12H17N7/c1-12(2)4-3-5-19(8-12)11-13-6-9(7-14-11)10-15-17-18-16-10/h6-7H,3-5,8H2,1-2H3,(H,15,16,17,18). The number of nitrogens with zero attached hydrogens (tertiary/aromatic N) is 6. The summed E-state index contributed by atoms with van der Waals surface area (Å²) in [5.41, 5.74) is 1.10. The summed E-state index contributed by atoms with van der Waals surface area (Å²) < 4.78 is 0. The monoisotopic (exact) mass is 259 g/mol. The molecule has 0 atom stereocenters. The SMILES string of the molecule is CC1(C)CCCN(c2ncc(-c3nn[nH]n3)cn2)C1. The van der Waals surface area contributed by atoms with Crippen LogP contribution in [0.15, 0.2) is 12.4 Å². The van der Waals surface area contributed by atoms with E-state index < -0.39 is 0 Å². The van der Waals surface area contributed by atoms with Crippen molar-refractivity contribution in [2.24, 2.45) is 5.41 Å². The molecule has 0 saturated carbocycles. The molecule has 0 bridgehead atoms. The second-order valence-electron chi connectivity index (χ2n) is 5.70. The van der Waals surface area contributed by atoms with Crippen LogP contribution in [-0.4, -0.2) is 43.7 Å². The molecular weight excluding hydrogens is 242 g/mol. The highest BCUT2D eigenvalue weighted by Crippen LogP contribution is 2.30. The topological polar surface area (TPSA) is 83.5 Å². The Balaban J connectivity index is 1.79. The lowest BCUT2D eigenvalue weighted by atomic mass is 9.84. The number of H-pyrrole nitrogens is 1. The zero-order valence-corrected chi connectivity index (χ0v) is 11.2. The molecule has 2 aromatic heterocycles. The quantitative estimate of drug-likeness (QED) is 0.874.